The Kier molecular flexibility index (Phi) is 5.68. The molecular weight excluding hydrogens is 426 g/mol. The first-order valence-electron chi connectivity index (χ1n) is 8.98. The molecule has 1 fully saturated rings. The number of nitrogens with two attached hydrogens (primary N) is 1. The first kappa shape index (κ1) is 22.2. The summed E-state index contributed by atoms with van der Waals surface area (Å²) in [5, 5.41) is 0. The molecule has 0 aromatic heterocycles. The predicted molar refractivity (Wildman–Crippen MR) is 99.9 cm³/mol. The molecule has 10 heteroatoms. The van der Waals surface area contributed by atoms with Gasteiger partial charge in [-0.15, -0.1) is 0 Å². The second kappa shape index (κ2) is 7.66. The molecule has 3 rings (SSSR count). The van der Waals surface area contributed by atoms with Crippen molar-refractivity contribution in [2.45, 2.75) is 41.7 Å². The SMILES string of the molecule is C[C@]1(S(=O)(=O)c2cccc(C(F)(F)F)c2)CCO[C@@H](c2ccc(F)c(C(N)=O)c2)C1. The minimum absolute atomic E-state index is 0.0165. The maximum absolute atomic E-state index is 13.8. The van der Waals surface area contributed by atoms with E-state index in [9.17, 15) is 30.8 Å². The van der Waals surface area contributed by atoms with Crippen molar-refractivity contribution in [3.63, 3.8) is 0 Å². The molecule has 5 nitrogen and oxygen atoms in total. The van der Waals surface area contributed by atoms with Gasteiger partial charge >= 0.3 is 6.18 Å². The molecule has 0 bridgehead atoms. The first-order valence-corrected chi connectivity index (χ1v) is 10.5. The van der Waals surface area contributed by atoms with Crippen LogP contribution in [0.4, 0.5) is 17.6 Å². The van der Waals surface area contributed by atoms with Crippen LogP contribution in [0.25, 0.3) is 0 Å². The molecule has 2 aromatic carbocycles. The topological polar surface area (TPSA) is 86.5 Å². The fraction of sp³-hybridized carbons (Fsp3) is 0.350. The van der Waals surface area contributed by atoms with E-state index in [0.29, 0.717) is 11.6 Å². The number of halogens is 4. The molecule has 1 saturated heterocycles. The summed E-state index contributed by atoms with van der Waals surface area (Å²) >= 11 is 0. The highest BCUT2D eigenvalue weighted by atomic mass is 32.2. The number of primary amides is 1. The molecule has 1 aliphatic heterocycles. The van der Waals surface area contributed by atoms with Crippen LogP contribution in [0.1, 0.15) is 47.4 Å². The lowest BCUT2D eigenvalue weighted by molar-refractivity contribution is -0.137. The first-order chi connectivity index (χ1) is 13.8. The average Bonchev–Trinajstić information content (AvgIpc) is 2.67. The molecule has 1 heterocycles. The van der Waals surface area contributed by atoms with Crippen LogP contribution in [0.2, 0.25) is 0 Å². The Hall–Kier alpha value is -2.46. The van der Waals surface area contributed by atoms with E-state index in [1.165, 1.54) is 19.1 Å². The number of hydrogen-bond acceptors (Lipinski definition) is 4. The smallest absolute Gasteiger partial charge is 0.373 e. The molecule has 0 radical (unpaired) electrons. The van der Waals surface area contributed by atoms with E-state index in [4.69, 9.17) is 10.5 Å². The molecule has 2 aromatic rings. The van der Waals surface area contributed by atoms with Crippen LogP contribution in [0.3, 0.4) is 0 Å². The quantitative estimate of drug-likeness (QED) is 0.720. The highest BCUT2D eigenvalue weighted by Crippen LogP contribution is 2.43. The number of hydrogen-bond donors (Lipinski definition) is 1. The Morgan fingerprint density at radius 1 is 1.20 bits per heavy atom. The highest BCUT2D eigenvalue weighted by Gasteiger charge is 2.45. The zero-order valence-corrected chi connectivity index (χ0v) is 16.7. The number of carbonyl (C=O) groups excluding carboxylic acids is 1. The van der Waals surface area contributed by atoms with Crippen molar-refractivity contribution in [2.75, 3.05) is 6.61 Å². The summed E-state index contributed by atoms with van der Waals surface area (Å²) in [6.07, 6.45) is -5.51. The molecule has 1 aliphatic rings. The van der Waals surface area contributed by atoms with Crippen molar-refractivity contribution in [1.82, 2.24) is 0 Å². The highest BCUT2D eigenvalue weighted by molar-refractivity contribution is 7.92. The molecule has 0 aliphatic carbocycles. The van der Waals surface area contributed by atoms with E-state index >= 15 is 0 Å². The molecule has 30 heavy (non-hydrogen) atoms. The van der Waals surface area contributed by atoms with E-state index in [-0.39, 0.29) is 25.0 Å². The minimum atomic E-state index is -4.68. The van der Waals surface area contributed by atoms with Gasteiger partial charge in [0.15, 0.2) is 9.84 Å². The van der Waals surface area contributed by atoms with Crippen LogP contribution in [-0.2, 0) is 20.8 Å². The summed E-state index contributed by atoms with van der Waals surface area (Å²) in [7, 11) is -4.17. The van der Waals surface area contributed by atoms with Gasteiger partial charge in [0.2, 0.25) is 0 Å². The number of alkyl halides is 3. The normalized spacial score (nSPS) is 22.6. The summed E-state index contributed by atoms with van der Waals surface area (Å²) < 4.78 is 83.5. The zero-order chi connectivity index (χ0) is 22.3. The fourth-order valence-electron chi connectivity index (χ4n) is 3.48. The van der Waals surface area contributed by atoms with Crippen LogP contribution in [0, 0.1) is 5.82 Å². The van der Waals surface area contributed by atoms with Crippen molar-refractivity contribution >= 4 is 15.7 Å². The Balaban J connectivity index is 1.97. The summed E-state index contributed by atoms with van der Waals surface area (Å²) in [6, 6.07) is 7.19. The third-order valence-corrected chi connectivity index (χ3v) is 7.86. The van der Waals surface area contributed by atoms with Gasteiger partial charge in [-0.05, 0) is 55.7 Å². The molecule has 0 spiro atoms. The van der Waals surface area contributed by atoms with Crippen LogP contribution in [0.15, 0.2) is 47.4 Å². The number of amides is 1. The number of benzene rings is 2. The lowest BCUT2D eigenvalue weighted by Gasteiger charge is -2.38. The standard InChI is InChI=1S/C20H19F4NO4S/c1-19(30(27,28)14-4-2-3-13(10-14)20(22,23)24)7-8-29-17(11-19)12-5-6-16(21)15(9-12)18(25)26/h2-6,9-10,17H,7-8,11H2,1H3,(H2,25,26)/t17-,19+/m1/s1. The Labute approximate surface area is 170 Å². The summed E-state index contributed by atoms with van der Waals surface area (Å²) in [5.41, 5.74) is 4.10. The van der Waals surface area contributed by atoms with Gasteiger partial charge in [0.25, 0.3) is 5.91 Å². The van der Waals surface area contributed by atoms with Gasteiger partial charge in [-0.25, -0.2) is 12.8 Å². The van der Waals surface area contributed by atoms with Gasteiger partial charge in [0.05, 0.1) is 26.9 Å². The van der Waals surface area contributed by atoms with Gasteiger partial charge in [-0.2, -0.15) is 13.2 Å². The van der Waals surface area contributed by atoms with Gasteiger partial charge in [-0.3, -0.25) is 4.79 Å². The van der Waals surface area contributed by atoms with Crippen molar-refractivity contribution in [3.8, 4) is 0 Å². The van der Waals surface area contributed by atoms with Gasteiger partial charge in [0.1, 0.15) is 5.82 Å². The third kappa shape index (κ3) is 4.06. The second-order valence-corrected chi connectivity index (χ2v) is 9.86. The summed E-state index contributed by atoms with van der Waals surface area (Å²) in [4.78, 5) is 11.0. The third-order valence-electron chi connectivity index (χ3n) is 5.32. The monoisotopic (exact) mass is 445 g/mol. The lowest BCUT2D eigenvalue weighted by atomic mass is 9.91. The maximum Gasteiger partial charge on any atom is 0.416 e. The van der Waals surface area contributed by atoms with Crippen LogP contribution >= 0.6 is 0 Å². The number of ether oxygens (including phenoxy) is 1. The molecule has 2 N–H and O–H groups in total. The maximum atomic E-state index is 13.8. The molecule has 1 amide bonds. The largest absolute Gasteiger partial charge is 0.416 e. The van der Waals surface area contributed by atoms with Gasteiger partial charge in [-0.1, -0.05) is 12.1 Å². The van der Waals surface area contributed by atoms with E-state index < -0.39 is 49.0 Å². The molecule has 162 valence electrons. The van der Waals surface area contributed by atoms with Crippen LogP contribution in [-0.4, -0.2) is 25.7 Å². The average molecular weight is 445 g/mol. The minimum Gasteiger partial charge on any atom is -0.373 e. The number of carbonyl (C=O) groups is 1. The van der Waals surface area contributed by atoms with E-state index in [1.807, 2.05) is 0 Å². The van der Waals surface area contributed by atoms with Crippen LogP contribution < -0.4 is 5.73 Å². The van der Waals surface area contributed by atoms with E-state index in [1.54, 1.807) is 0 Å². The molecular formula is C20H19F4NO4S. The number of sulfone groups is 1. The van der Waals surface area contributed by atoms with Crippen molar-refractivity contribution in [1.29, 1.82) is 0 Å². The molecule has 2 atom stereocenters. The van der Waals surface area contributed by atoms with E-state index in [0.717, 1.165) is 24.3 Å². The molecule has 0 unspecified atom stereocenters. The van der Waals surface area contributed by atoms with E-state index in [2.05, 4.69) is 0 Å². The van der Waals surface area contributed by atoms with Gasteiger partial charge < -0.3 is 10.5 Å². The summed E-state index contributed by atoms with van der Waals surface area (Å²) in [6.45, 7) is 1.46. The zero-order valence-electron chi connectivity index (χ0n) is 15.9. The predicted octanol–water partition coefficient (Wildman–Crippen LogP) is 4.03. The Morgan fingerprint density at radius 3 is 2.53 bits per heavy atom. The fourth-order valence-corrected chi connectivity index (χ4v) is 5.32. The van der Waals surface area contributed by atoms with Crippen LogP contribution in [0.5, 0.6) is 0 Å². The summed E-state index contributed by atoms with van der Waals surface area (Å²) in [5.74, 6) is -1.80. The van der Waals surface area contributed by atoms with Crippen molar-refractivity contribution in [3.05, 3.63) is 65.0 Å². The van der Waals surface area contributed by atoms with Crippen molar-refractivity contribution in [2.24, 2.45) is 5.73 Å². The van der Waals surface area contributed by atoms with Crippen molar-refractivity contribution < 1.29 is 35.5 Å². The van der Waals surface area contributed by atoms with Gasteiger partial charge in [0, 0.05) is 6.61 Å². The lowest BCUT2D eigenvalue weighted by Crippen LogP contribution is -2.42. The molecule has 0 saturated carbocycles. The Bertz CT molecular complexity index is 1080. The number of rotatable bonds is 4. The Morgan fingerprint density at radius 2 is 1.90 bits per heavy atom. The second-order valence-electron chi connectivity index (χ2n) is 7.40.